The molecule has 1 amide bonds. The molecule has 8 heteroatoms. The van der Waals surface area contributed by atoms with Crippen molar-refractivity contribution in [2.24, 2.45) is 0 Å². The molecule has 2 rings (SSSR count). The molecule has 8 nitrogen and oxygen atoms in total. The Balaban J connectivity index is 2.64. The maximum Gasteiger partial charge on any atom is 0.329 e. The lowest BCUT2D eigenvalue weighted by molar-refractivity contribution is 0.0954. The third-order valence-corrected chi connectivity index (χ3v) is 4.14. The molecule has 0 aliphatic rings. The molecular formula is C18H27N5O3. The minimum Gasteiger partial charge on any atom is -0.352 e. The van der Waals surface area contributed by atoms with Crippen LogP contribution in [0.1, 0.15) is 55.6 Å². The first-order valence-corrected chi connectivity index (χ1v) is 9.01. The summed E-state index contributed by atoms with van der Waals surface area (Å²) in [6.45, 7) is 7.55. The van der Waals surface area contributed by atoms with Crippen LogP contribution in [0.4, 0.5) is 0 Å². The second-order valence-electron chi connectivity index (χ2n) is 6.57. The number of carbonyl (C=O) groups excluding carboxylic acids is 1. The summed E-state index contributed by atoms with van der Waals surface area (Å²) in [6, 6.07) is 1.65. The third kappa shape index (κ3) is 4.19. The Morgan fingerprint density at radius 2 is 2.04 bits per heavy atom. The normalized spacial score (nSPS) is 11.3. The molecule has 0 fully saturated rings. The van der Waals surface area contributed by atoms with Crippen LogP contribution in [0.3, 0.4) is 0 Å². The first-order chi connectivity index (χ1) is 12.4. The number of aromatic amines is 1. The van der Waals surface area contributed by atoms with Crippen molar-refractivity contribution in [2.75, 3.05) is 20.1 Å². The maximum atomic E-state index is 12.7. The number of hydrogen-bond acceptors (Lipinski definition) is 5. The zero-order valence-electron chi connectivity index (χ0n) is 15.8. The first-order valence-electron chi connectivity index (χ1n) is 9.01. The van der Waals surface area contributed by atoms with Gasteiger partial charge in [-0.05, 0) is 38.4 Å². The van der Waals surface area contributed by atoms with Crippen molar-refractivity contribution in [3.63, 3.8) is 0 Å². The number of nitrogens with one attached hydrogen (secondary N) is 3. The van der Waals surface area contributed by atoms with Crippen LogP contribution in [-0.4, -0.2) is 40.6 Å². The molecule has 2 aromatic rings. The first kappa shape index (κ1) is 19.8. The quantitative estimate of drug-likeness (QED) is 0.607. The highest BCUT2D eigenvalue weighted by atomic mass is 16.2. The van der Waals surface area contributed by atoms with Crippen molar-refractivity contribution in [3.8, 4) is 0 Å². The smallest absolute Gasteiger partial charge is 0.329 e. The Bertz CT molecular complexity index is 898. The molecule has 0 radical (unpaired) electrons. The van der Waals surface area contributed by atoms with E-state index >= 15 is 0 Å². The average molecular weight is 361 g/mol. The van der Waals surface area contributed by atoms with Crippen molar-refractivity contribution in [1.82, 2.24) is 25.2 Å². The van der Waals surface area contributed by atoms with Gasteiger partial charge in [0.25, 0.3) is 11.5 Å². The summed E-state index contributed by atoms with van der Waals surface area (Å²) in [5.74, 6) is -0.276. The van der Waals surface area contributed by atoms with Gasteiger partial charge in [0.1, 0.15) is 0 Å². The van der Waals surface area contributed by atoms with Gasteiger partial charge in [-0.15, -0.1) is 0 Å². The molecule has 0 unspecified atom stereocenters. The van der Waals surface area contributed by atoms with Crippen LogP contribution < -0.4 is 21.9 Å². The zero-order valence-corrected chi connectivity index (χ0v) is 15.8. The van der Waals surface area contributed by atoms with E-state index in [1.54, 1.807) is 6.07 Å². The summed E-state index contributed by atoms with van der Waals surface area (Å²) in [4.78, 5) is 44.2. The Labute approximate surface area is 152 Å². The molecule has 0 bridgehead atoms. The monoisotopic (exact) mass is 361 g/mol. The number of H-pyrrole nitrogens is 1. The number of aryl methyl sites for hydroxylation is 1. The molecule has 3 N–H and O–H groups in total. The van der Waals surface area contributed by atoms with Crippen molar-refractivity contribution in [2.45, 2.75) is 46.1 Å². The molecule has 0 saturated heterocycles. The van der Waals surface area contributed by atoms with Crippen LogP contribution in [0.2, 0.25) is 0 Å². The number of rotatable bonds is 8. The van der Waals surface area contributed by atoms with Crippen LogP contribution >= 0.6 is 0 Å². The van der Waals surface area contributed by atoms with Crippen LogP contribution in [0.25, 0.3) is 11.0 Å². The highest BCUT2D eigenvalue weighted by Crippen LogP contribution is 2.19. The lowest BCUT2D eigenvalue weighted by Gasteiger charge is -2.14. The van der Waals surface area contributed by atoms with Crippen molar-refractivity contribution in [1.29, 1.82) is 0 Å². The lowest BCUT2D eigenvalue weighted by atomic mass is 10.0. The van der Waals surface area contributed by atoms with E-state index in [0.717, 1.165) is 13.0 Å². The summed E-state index contributed by atoms with van der Waals surface area (Å²) < 4.78 is 1.43. The Hall–Kier alpha value is -2.48. The van der Waals surface area contributed by atoms with E-state index in [4.69, 9.17) is 0 Å². The Kier molecular flexibility index (Phi) is 6.68. The fourth-order valence-electron chi connectivity index (χ4n) is 2.76. The number of nitrogens with zero attached hydrogens (tertiary/aromatic N) is 2. The molecule has 0 atom stereocenters. The largest absolute Gasteiger partial charge is 0.352 e. The Morgan fingerprint density at radius 3 is 2.65 bits per heavy atom. The van der Waals surface area contributed by atoms with E-state index < -0.39 is 11.2 Å². The molecule has 0 aliphatic heterocycles. The van der Waals surface area contributed by atoms with Gasteiger partial charge in [-0.25, -0.2) is 9.78 Å². The minimum absolute atomic E-state index is 0.0553. The summed E-state index contributed by atoms with van der Waals surface area (Å²) in [5, 5.41) is 6.02. The molecular weight excluding hydrogens is 334 g/mol. The molecule has 0 spiro atoms. The SMILES string of the molecule is CCCn1c(=O)[nH]c(=O)c2c(C(=O)NCCCNC)cc(C(C)C)nc21. The maximum absolute atomic E-state index is 12.7. The van der Waals surface area contributed by atoms with Crippen molar-refractivity contribution in [3.05, 3.63) is 38.2 Å². The van der Waals surface area contributed by atoms with E-state index in [9.17, 15) is 14.4 Å². The van der Waals surface area contributed by atoms with Gasteiger partial charge in [0.15, 0.2) is 5.65 Å². The second-order valence-corrected chi connectivity index (χ2v) is 6.57. The summed E-state index contributed by atoms with van der Waals surface area (Å²) in [7, 11) is 1.85. The second kappa shape index (κ2) is 8.75. The van der Waals surface area contributed by atoms with Crippen LogP contribution in [0, 0.1) is 0 Å². The van der Waals surface area contributed by atoms with Gasteiger partial charge in [0.05, 0.1) is 10.9 Å². The van der Waals surface area contributed by atoms with Crippen LogP contribution in [0.5, 0.6) is 0 Å². The van der Waals surface area contributed by atoms with Crippen LogP contribution in [-0.2, 0) is 6.54 Å². The van der Waals surface area contributed by atoms with Gasteiger partial charge in [0.2, 0.25) is 0 Å². The lowest BCUT2D eigenvalue weighted by Crippen LogP contribution is -2.34. The number of aromatic nitrogens is 3. The summed E-state index contributed by atoms with van der Waals surface area (Å²) in [6.07, 6.45) is 1.49. The highest BCUT2D eigenvalue weighted by Gasteiger charge is 2.20. The molecule has 2 heterocycles. The third-order valence-electron chi connectivity index (χ3n) is 4.14. The average Bonchev–Trinajstić information content (AvgIpc) is 2.60. The van der Waals surface area contributed by atoms with E-state index in [0.29, 0.717) is 25.2 Å². The molecule has 0 aliphatic carbocycles. The van der Waals surface area contributed by atoms with Crippen molar-refractivity contribution >= 4 is 16.9 Å². The van der Waals surface area contributed by atoms with E-state index in [1.165, 1.54) is 4.57 Å². The van der Waals surface area contributed by atoms with E-state index in [2.05, 4.69) is 20.6 Å². The van der Waals surface area contributed by atoms with Gasteiger partial charge in [0, 0.05) is 18.8 Å². The van der Waals surface area contributed by atoms with Gasteiger partial charge in [-0.2, -0.15) is 0 Å². The van der Waals surface area contributed by atoms with Crippen LogP contribution in [0.15, 0.2) is 15.7 Å². The van der Waals surface area contributed by atoms with Gasteiger partial charge in [-0.3, -0.25) is 19.1 Å². The zero-order chi connectivity index (χ0) is 19.3. The molecule has 2 aromatic heterocycles. The number of amides is 1. The molecule has 0 aromatic carbocycles. The van der Waals surface area contributed by atoms with Gasteiger partial charge < -0.3 is 10.6 Å². The molecule has 142 valence electrons. The summed E-state index contributed by atoms with van der Waals surface area (Å²) >= 11 is 0. The fourth-order valence-corrected chi connectivity index (χ4v) is 2.76. The topological polar surface area (TPSA) is 109 Å². The Morgan fingerprint density at radius 1 is 1.31 bits per heavy atom. The number of hydrogen-bond donors (Lipinski definition) is 3. The number of fused-ring (bicyclic) bond motifs is 1. The van der Waals surface area contributed by atoms with E-state index in [1.807, 2.05) is 27.8 Å². The number of carbonyl (C=O) groups is 1. The highest BCUT2D eigenvalue weighted by molar-refractivity contribution is 6.05. The van der Waals surface area contributed by atoms with Gasteiger partial charge >= 0.3 is 5.69 Å². The standard InChI is InChI=1S/C18H27N5O3/c1-5-9-23-15-14(17(25)22-18(23)26)12(10-13(21-15)11(2)3)16(24)20-8-6-7-19-4/h10-11,19H,5-9H2,1-4H3,(H,20,24)(H,22,25,26). The molecule has 26 heavy (non-hydrogen) atoms. The fraction of sp³-hybridized carbons (Fsp3) is 0.556. The van der Waals surface area contributed by atoms with Crippen molar-refractivity contribution < 1.29 is 4.79 Å². The number of pyridine rings is 1. The minimum atomic E-state index is -0.583. The predicted molar refractivity (Wildman–Crippen MR) is 102 cm³/mol. The molecule has 0 saturated carbocycles. The van der Waals surface area contributed by atoms with E-state index in [-0.39, 0.29) is 28.4 Å². The summed E-state index contributed by atoms with van der Waals surface area (Å²) in [5.41, 5.74) is 0.118. The predicted octanol–water partition coefficient (Wildman–Crippen LogP) is 0.958. The van der Waals surface area contributed by atoms with Gasteiger partial charge in [-0.1, -0.05) is 20.8 Å².